The summed E-state index contributed by atoms with van der Waals surface area (Å²) in [4.78, 5) is 0. The van der Waals surface area contributed by atoms with Crippen LogP contribution in [0.25, 0.3) is 0 Å². The molecule has 0 bridgehead atoms. The molecule has 0 aliphatic heterocycles. The van der Waals surface area contributed by atoms with Crippen molar-refractivity contribution in [2.45, 2.75) is 6.10 Å². The van der Waals surface area contributed by atoms with Crippen molar-refractivity contribution in [2.24, 2.45) is 0 Å². The highest BCUT2D eigenvalue weighted by Crippen LogP contribution is 2.18. The Morgan fingerprint density at radius 1 is 1.62 bits per heavy atom. The zero-order valence-electron chi connectivity index (χ0n) is 6.87. The standard InChI is InChI=1S/C10H8FNO/c1-2-10(13)8-4-3-7(6-12)5-9(8)11/h2-5,10,13H,1H2. The predicted octanol–water partition coefficient (Wildman–Crippen LogP) is 1.92. The van der Waals surface area contributed by atoms with Gasteiger partial charge in [0.2, 0.25) is 0 Å². The van der Waals surface area contributed by atoms with E-state index in [0.29, 0.717) is 0 Å². The van der Waals surface area contributed by atoms with E-state index < -0.39 is 11.9 Å². The second kappa shape index (κ2) is 3.83. The lowest BCUT2D eigenvalue weighted by molar-refractivity contribution is 0.223. The van der Waals surface area contributed by atoms with E-state index in [9.17, 15) is 9.50 Å². The number of hydrogen-bond donors (Lipinski definition) is 1. The Bertz CT molecular complexity index is 368. The molecule has 0 amide bonds. The first-order chi connectivity index (χ1) is 6.19. The zero-order chi connectivity index (χ0) is 9.84. The fourth-order valence-electron chi connectivity index (χ4n) is 0.964. The van der Waals surface area contributed by atoms with Crippen LogP contribution in [0, 0.1) is 17.1 Å². The number of benzene rings is 1. The van der Waals surface area contributed by atoms with Crippen LogP contribution >= 0.6 is 0 Å². The van der Waals surface area contributed by atoms with Gasteiger partial charge in [-0.15, -0.1) is 6.58 Å². The van der Waals surface area contributed by atoms with Crippen LogP contribution in [-0.2, 0) is 0 Å². The molecule has 1 aromatic carbocycles. The highest BCUT2D eigenvalue weighted by molar-refractivity contribution is 5.34. The largest absolute Gasteiger partial charge is 0.384 e. The Balaban J connectivity index is 3.13. The van der Waals surface area contributed by atoms with Crippen molar-refractivity contribution >= 4 is 0 Å². The summed E-state index contributed by atoms with van der Waals surface area (Å²) in [6, 6.07) is 5.71. The fourth-order valence-corrected chi connectivity index (χ4v) is 0.964. The minimum Gasteiger partial charge on any atom is -0.384 e. The van der Waals surface area contributed by atoms with Crippen LogP contribution in [0.5, 0.6) is 0 Å². The van der Waals surface area contributed by atoms with Crippen LogP contribution in [0.4, 0.5) is 4.39 Å². The van der Waals surface area contributed by atoms with Crippen molar-refractivity contribution in [1.29, 1.82) is 5.26 Å². The number of nitriles is 1. The van der Waals surface area contributed by atoms with E-state index in [-0.39, 0.29) is 11.1 Å². The number of nitrogens with zero attached hydrogens (tertiary/aromatic N) is 1. The molecule has 0 saturated heterocycles. The van der Waals surface area contributed by atoms with Gasteiger partial charge >= 0.3 is 0 Å². The summed E-state index contributed by atoms with van der Waals surface area (Å²) in [7, 11) is 0. The Kier molecular flexibility index (Phi) is 2.78. The molecular formula is C10H8FNO. The first-order valence-corrected chi connectivity index (χ1v) is 3.69. The maximum atomic E-state index is 13.1. The molecular weight excluding hydrogens is 169 g/mol. The molecule has 0 aromatic heterocycles. The normalized spacial score (nSPS) is 11.8. The molecule has 1 N–H and O–H groups in total. The van der Waals surface area contributed by atoms with Crippen LogP contribution < -0.4 is 0 Å². The topological polar surface area (TPSA) is 44.0 Å². The average Bonchev–Trinajstić information content (AvgIpc) is 2.16. The first kappa shape index (κ1) is 9.43. The van der Waals surface area contributed by atoms with Crippen LogP contribution in [0.1, 0.15) is 17.2 Å². The lowest BCUT2D eigenvalue weighted by atomic mass is 10.1. The average molecular weight is 177 g/mol. The van der Waals surface area contributed by atoms with Gasteiger partial charge in [0, 0.05) is 5.56 Å². The van der Waals surface area contributed by atoms with E-state index in [0.717, 1.165) is 6.07 Å². The first-order valence-electron chi connectivity index (χ1n) is 3.69. The maximum absolute atomic E-state index is 13.1. The summed E-state index contributed by atoms with van der Waals surface area (Å²) in [6.07, 6.45) is 0.206. The van der Waals surface area contributed by atoms with Crippen LogP contribution in [0.2, 0.25) is 0 Å². The molecule has 1 unspecified atom stereocenters. The summed E-state index contributed by atoms with van der Waals surface area (Å²) in [5.74, 6) is -0.591. The molecule has 3 heteroatoms. The number of hydrogen-bond acceptors (Lipinski definition) is 2. The quantitative estimate of drug-likeness (QED) is 0.701. The summed E-state index contributed by atoms with van der Waals surface area (Å²) >= 11 is 0. The third kappa shape index (κ3) is 1.92. The van der Waals surface area contributed by atoms with Gasteiger partial charge in [-0.3, -0.25) is 0 Å². The summed E-state index contributed by atoms with van der Waals surface area (Å²) < 4.78 is 13.1. The van der Waals surface area contributed by atoms with Gasteiger partial charge in [-0.25, -0.2) is 4.39 Å². The molecule has 0 spiro atoms. The Hall–Kier alpha value is -1.66. The van der Waals surface area contributed by atoms with E-state index >= 15 is 0 Å². The smallest absolute Gasteiger partial charge is 0.130 e. The van der Waals surface area contributed by atoms with Gasteiger partial charge in [0.25, 0.3) is 0 Å². The maximum Gasteiger partial charge on any atom is 0.130 e. The summed E-state index contributed by atoms with van der Waals surface area (Å²) in [5, 5.41) is 17.7. The van der Waals surface area contributed by atoms with Gasteiger partial charge in [-0.05, 0) is 12.1 Å². The van der Waals surface area contributed by atoms with Crippen molar-refractivity contribution in [2.75, 3.05) is 0 Å². The van der Waals surface area contributed by atoms with Gasteiger partial charge in [0.05, 0.1) is 17.7 Å². The highest BCUT2D eigenvalue weighted by atomic mass is 19.1. The minimum atomic E-state index is -1.02. The van der Waals surface area contributed by atoms with E-state index in [1.54, 1.807) is 6.07 Å². The number of rotatable bonds is 2. The van der Waals surface area contributed by atoms with Crippen LogP contribution in [0.3, 0.4) is 0 Å². The third-order valence-electron chi connectivity index (χ3n) is 1.67. The zero-order valence-corrected chi connectivity index (χ0v) is 6.87. The van der Waals surface area contributed by atoms with Crippen molar-refractivity contribution in [3.8, 4) is 6.07 Å². The van der Waals surface area contributed by atoms with Crippen LogP contribution in [-0.4, -0.2) is 5.11 Å². The predicted molar refractivity (Wildman–Crippen MR) is 46.3 cm³/mol. The van der Waals surface area contributed by atoms with E-state index in [1.807, 2.05) is 0 Å². The highest BCUT2D eigenvalue weighted by Gasteiger charge is 2.09. The molecule has 1 atom stereocenters. The fraction of sp³-hybridized carbons (Fsp3) is 0.100. The Morgan fingerprint density at radius 2 is 2.31 bits per heavy atom. The molecule has 0 radical (unpaired) electrons. The van der Waals surface area contributed by atoms with Crippen LogP contribution in [0.15, 0.2) is 30.9 Å². The molecule has 66 valence electrons. The van der Waals surface area contributed by atoms with Gasteiger partial charge < -0.3 is 5.11 Å². The molecule has 0 aliphatic carbocycles. The lowest BCUT2D eigenvalue weighted by Gasteiger charge is -2.06. The monoisotopic (exact) mass is 177 g/mol. The van der Waals surface area contributed by atoms with Crippen molar-refractivity contribution in [1.82, 2.24) is 0 Å². The summed E-state index contributed by atoms with van der Waals surface area (Å²) in [5.41, 5.74) is 0.367. The second-order valence-corrected chi connectivity index (χ2v) is 2.53. The summed E-state index contributed by atoms with van der Waals surface area (Å²) in [6.45, 7) is 3.34. The minimum absolute atomic E-state index is 0.133. The number of aliphatic hydroxyl groups excluding tert-OH is 1. The number of aliphatic hydroxyl groups is 1. The molecule has 0 saturated carbocycles. The number of halogens is 1. The molecule has 0 heterocycles. The van der Waals surface area contributed by atoms with Gasteiger partial charge in [0.15, 0.2) is 0 Å². The molecule has 0 fully saturated rings. The second-order valence-electron chi connectivity index (χ2n) is 2.53. The van der Waals surface area contributed by atoms with E-state index in [1.165, 1.54) is 18.2 Å². The van der Waals surface area contributed by atoms with Gasteiger partial charge in [-0.2, -0.15) is 5.26 Å². The van der Waals surface area contributed by atoms with E-state index in [4.69, 9.17) is 5.26 Å². The molecule has 1 aromatic rings. The van der Waals surface area contributed by atoms with E-state index in [2.05, 4.69) is 6.58 Å². The Morgan fingerprint density at radius 3 is 2.77 bits per heavy atom. The molecule has 2 nitrogen and oxygen atoms in total. The lowest BCUT2D eigenvalue weighted by Crippen LogP contribution is -1.97. The van der Waals surface area contributed by atoms with Gasteiger partial charge in [-0.1, -0.05) is 12.1 Å². The van der Waals surface area contributed by atoms with Crippen molar-refractivity contribution in [3.63, 3.8) is 0 Å². The van der Waals surface area contributed by atoms with Crippen molar-refractivity contribution in [3.05, 3.63) is 47.8 Å². The molecule has 13 heavy (non-hydrogen) atoms. The molecule has 1 rings (SSSR count). The molecule has 0 aliphatic rings. The third-order valence-corrected chi connectivity index (χ3v) is 1.67. The SMILES string of the molecule is C=CC(O)c1ccc(C#N)cc1F. The van der Waals surface area contributed by atoms with Crippen molar-refractivity contribution < 1.29 is 9.50 Å². The Labute approximate surface area is 75.6 Å². The van der Waals surface area contributed by atoms with Gasteiger partial charge in [0.1, 0.15) is 5.82 Å².